The van der Waals surface area contributed by atoms with Gasteiger partial charge in [0.15, 0.2) is 11.5 Å². The SMILES string of the molecule is Cc1cnc2c(NCCF)nc3cc(-c4ccccc4)sc3n12. The Morgan fingerprint density at radius 1 is 1.26 bits per heavy atom. The first-order chi connectivity index (χ1) is 11.3. The Hall–Kier alpha value is -2.47. The number of thiophene rings is 1. The number of anilines is 1. The highest BCUT2D eigenvalue weighted by molar-refractivity contribution is 7.21. The number of rotatable bonds is 4. The van der Waals surface area contributed by atoms with Crippen molar-refractivity contribution in [3.05, 3.63) is 48.3 Å². The van der Waals surface area contributed by atoms with Crippen molar-refractivity contribution in [2.75, 3.05) is 18.5 Å². The maximum atomic E-state index is 12.5. The van der Waals surface area contributed by atoms with E-state index in [1.807, 2.05) is 31.3 Å². The van der Waals surface area contributed by atoms with Gasteiger partial charge in [-0.3, -0.25) is 4.40 Å². The molecule has 4 nitrogen and oxygen atoms in total. The number of imidazole rings is 1. The number of alkyl halides is 1. The Morgan fingerprint density at radius 3 is 2.87 bits per heavy atom. The van der Waals surface area contributed by atoms with Crippen molar-refractivity contribution in [1.29, 1.82) is 0 Å². The van der Waals surface area contributed by atoms with E-state index in [4.69, 9.17) is 0 Å². The fourth-order valence-corrected chi connectivity index (χ4v) is 3.84. The Kier molecular flexibility index (Phi) is 3.46. The number of aryl methyl sites for hydroxylation is 1. The lowest BCUT2D eigenvalue weighted by molar-refractivity contribution is 0.512. The molecule has 0 aliphatic carbocycles. The number of aromatic nitrogens is 3. The van der Waals surface area contributed by atoms with Gasteiger partial charge in [0, 0.05) is 23.3 Å². The third-order valence-electron chi connectivity index (χ3n) is 3.72. The Labute approximate surface area is 136 Å². The van der Waals surface area contributed by atoms with Crippen LogP contribution in [0.25, 0.3) is 26.4 Å². The van der Waals surface area contributed by atoms with Crippen molar-refractivity contribution in [1.82, 2.24) is 14.4 Å². The van der Waals surface area contributed by atoms with Crippen LogP contribution in [0.5, 0.6) is 0 Å². The first-order valence-corrected chi connectivity index (χ1v) is 8.22. The monoisotopic (exact) mass is 326 g/mol. The minimum Gasteiger partial charge on any atom is -0.364 e. The van der Waals surface area contributed by atoms with E-state index in [1.54, 1.807) is 11.3 Å². The Balaban J connectivity index is 1.96. The predicted molar refractivity (Wildman–Crippen MR) is 93.0 cm³/mol. The molecule has 0 atom stereocenters. The molecule has 23 heavy (non-hydrogen) atoms. The average Bonchev–Trinajstić information content (AvgIpc) is 3.17. The third kappa shape index (κ3) is 2.35. The van der Waals surface area contributed by atoms with Crippen molar-refractivity contribution in [3.8, 4) is 10.4 Å². The van der Waals surface area contributed by atoms with E-state index < -0.39 is 6.67 Å². The van der Waals surface area contributed by atoms with Crippen LogP contribution >= 0.6 is 11.3 Å². The van der Waals surface area contributed by atoms with E-state index in [1.165, 1.54) is 5.56 Å². The van der Waals surface area contributed by atoms with Crippen molar-refractivity contribution >= 4 is 33.1 Å². The second-order valence-electron chi connectivity index (χ2n) is 5.30. The molecule has 4 rings (SSSR count). The molecular formula is C17H15FN4S. The van der Waals surface area contributed by atoms with Gasteiger partial charge >= 0.3 is 0 Å². The molecule has 0 amide bonds. The number of nitrogens with zero attached hydrogens (tertiary/aromatic N) is 3. The fraction of sp³-hybridized carbons (Fsp3) is 0.176. The lowest BCUT2D eigenvalue weighted by Crippen LogP contribution is -2.07. The molecule has 116 valence electrons. The van der Waals surface area contributed by atoms with Crippen LogP contribution in [-0.4, -0.2) is 27.6 Å². The lowest BCUT2D eigenvalue weighted by atomic mass is 10.2. The van der Waals surface area contributed by atoms with Crippen molar-refractivity contribution in [2.45, 2.75) is 6.92 Å². The van der Waals surface area contributed by atoms with E-state index in [-0.39, 0.29) is 6.54 Å². The first-order valence-electron chi connectivity index (χ1n) is 7.41. The number of hydrogen-bond acceptors (Lipinski definition) is 4. The quantitative estimate of drug-likeness (QED) is 0.608. The summed E-state index contributed by atoms with van der Waals surface area (Å²) in [7, 11) is 0. The van der Waals surface area contributed by atoms with E-state index in [2.05, 4.69) is 37.9 Å². The largest absolute Gasteiger partial charge is 0.364 e. The average molecular weight is 326 g/mol. The van der Waals surface area contributed by atoms with Crippen LogP contribution < -0.4 is 5.32 Å². The zero-order chi connectivity index (χ0) is 15.8. The summed E-state index contributed by atoms with van der Waals surface area (Å²) in [5, 5.41) is 3.03. The van der Waals surface area contributed by atoms with Crippen LogP contribution in [0.3, 0.4) is 0 Å². The van der Waals surface area contributed by atoms with Gasteiger partial charge in [0.25, 0.3) is 0 Å². The number of fused-ring (bicyclic) bond motifs is 3. The highest BCUT2D eigenvalue weighted by Gasteiger charge is 2.15. The van der Waals surface area contributed by atoms with E-state index in [0.717, 1.165) is 26.6 Å². The van der Waals surface area contributed by atoms with Crippen molar-refractivity contribution < 1.29 is 4.39 Å². The maximum Gasteiger partial charge on any atom is 0.181 e. The molecule has 0 aliphatic rings. The molecule has 0 unspecified atom stereocenters. The Bertz CT molecular complexity index is 975. The van der Waals surface area contributed by atoms with Gasteiger partial charge in [0.1, 0.15) is 17.0 Å². The third-order valence-corrected chi connectivity index (χ3v) is 4.88. The molecule has 1 aromatic carbocycles. The molecule has 0 spiro atoms. The minimum absolute atomic E-state index is 0.232. The Morgan fingerprint density at radius 2 is 2.09 bits per heavy atom. The highest BCUT2D eigenvalue weighted by atomic mass is 32.1. The van der Waals surface area contributed by atoms with E-state index in [9.17, 15) is 4.39 Å². The molecular weight excluding hydrogens is 311 g/mol. The summed E-state index contributed by atoms with van der Waals surface area (Å²) in [6.07, 6.45) is 1.82. The summed E-state index contributed by atoms with van der Waals surface area (Å²) in [4.78, 5) is 11.3. The lowest BCUT2D eigenvalue weighted by Gasteiger charge is -2.06. The standard InChI is InChI=1S/C17H15FN4S/c1-11-10-20-16-15(19-8-7-18)21-13-9-14(23-17(13)22(11)16)12-5-3-2-4-6-12/h2-6,9-10H,7-8H2,1H3,(H,19,21). The summed E-state index contributed by atoms with van der Waals surface area (Å²) in [5.41, 5.74) is 3.84. The van der Waals surface area contributed by atoms with Gasteiger partial charge in [0.2, 0.25) is 0 Å². The molecule has 3 heterocycles. The molecule has 6 heteroatoms. The van der Waals surface area contributed by atoms with Crippen LogP contribution in [0.1, 0.15) is 5.69 Å². The summed E-state index contributed by atoms with van der Waals surface area (Å²) >= 11 is 1.69. The molecule has 0 saturated carbocycles. The first kappa shape index (κ1) is 14.1. The number of hydrogen-bond donors (Lipinski definition) is 1. The van der Waals surface area contributed by atoms with Crippen LogP contribution in [0.4, 0.5) is 10.2 Å². The molecule has 3 aromatic heterocycles. The molecule has 1 N–H and O–H groups in total. The topological polar surface area (TPSA) is 42.2 Å². The van der Waals surface area contributed by atoms with Crippen molar-refractivity contribution in [3.63, 3.8) is 0 Å². The van der Waals surface area contributed by atoms with Crippen LogP contribution in [0, 0.1) is 6.92 Å². The second-order valence-corrected chi connectivity index (χ2v) is 6.33. The summed E-state index contributed by atoms with van der Waals surface area (Å²) in [6.45, 7) is 1.81. The van der Waals surface area contributed by atoms with Gasteiger partial charge in [-0.2, -0.15) is 0 Å². The van der Waals surface area contributed by atoms with Crippen molar-refractivity contribution in [2.24, 2.45) is 0 Å². The fourth-order valence-electron chi connectivity index (χ4n) is 2.67. The van der Waals surface area contributed by atoms with Gasteiger partial charge in [-0.1, -0.05) is 30.3 Å². The van der Waals surface area contributed by atoms with Gasteiger partial charge in [0.05, 0.1) is 0 Å². The number of halogens is 1. The summed E-state index contributed by atoms with van der Waals surface area (Å²) < 4.78 is 14.6. The van der Waals surface area contributed by atoms with Gasteiger partial charge < -0.3 is 5.32 Å². The second kappa shape index (κ2) is 5.62. The highest BCUT2D eigenvalue weighted by Crippen LogP contribution is 2.34. The molecule has 4 aromatic rings. The number of nitrogens with one attached hydrogen (secondary N) is 1. The molecule has 0 aliphatic heterocycles. The predicted octanol–water partition coefficient (Wildman–Crippen LogP) is 4.30. The zero-order valence-electron chi connectivity index (χ0n) is 12.6. The van der Waals surface area contributed by atoms with Gasteiger partial charge in [-0.05, 0) is 18.6 Å². The normalized spacial score (nSPS) is 11.4. The minimum atomic E-state index is -0.440. The summed E-state index contributed by atoms with van der Waals surface area (Å²) in [6, 6.07) is 12.3. The summed E-state index contributed by atoms with van der Waals surface area (Å²) in [5.74, 6) is 0.626. The van der Waals surface area contributed by atoms with Gasteiger partial charge in [-0.25, -0.2) is 14.4 Å². The van der Waals surface area contributed by atoms with Crippen LogP contribution in [0.15, 0.2) is 42.6 Å². The van der Waals surface area contributed by atoms with E-state index >= 15 is 0 Å². The zero-order valence-corrected chi connectivity index (χ0v) is 13.4. The number of benzene rings is 1. The maximum absolute atomic E-state index is 12.5. The molecule has 0 fully saturated rings. The van der Waals surface area contributed by atoms with Crippen LogP contribution in [0.2, 0.25) is 0 Å². The molecule has 0 bridgehead atoms. The van der Waals surface area contributed by atoms with Crippen LogP contribution in [-0.2, 0) is 0 Å². The van der Waals surface area contributed by atoms with Gasteiger partial charge in [-0.15, -0.1) is 11.3 Å². The smallest absolute Gasteiger partial charge is 0.181 e. The van der Waals surface area contributed by atoms with E-state index in [0.29, 0.717) is 5.82 Å². The molecule has 0 saturated heterocycles. The molecule has 0 radical (unpaired) electrons.